The third-order valence-electron chi connectivity index (χ3n) is 2.69. The number of hydrogen-bond donors (Lipinski definition) is 2. The van der Waals surface area contributed by atoms with Gasteiger partial charge in [-0.15, -0.1) is 0 Å². The topological polar surface area (TPSA) is 62.5 Å². The molecule has 5 heteroatoms. The third-order valence-corrected chi connectivity index (χ3v) is 3.63. The molecule has 2 rings (SSSR count). The average molecular weight is 371 g/mol. The van der Waals surface area contributed by atoms with Crippen molar-refractivity contribution in [3.8, 4) is 0 Å². The number of amides is 1. The molecular formula is C14H14INO3. The Balaban J connectivity index is 1.83. The number of benzene rings is 1. The molecule has 0 fully saturated rings. The van der Waals surface area contributed by atoms with Crippen LogP contribution >= 0.6 is 22.6 Å². The van der Waals surface area contributed by atoms with Gasteiger partial charge in [-0.3, -0.25) is 4.79 Å². The first-order valence-electron chi connectivity index (χ1n) is 5.92. The summed E-state index contributed by atoms with van der Waals surface area (Å²) in [5.41, 5.74) is 0.649. The largest absolute Gasteiger partial charge is 0.467 e. The highest BCUT2D eigenvalue weighted by Crippen LogP contribution is 2.16. The zero-order chi connectivity index (χ0) is 13.7. The van der Waals surface area contributed by atoms with Crippen molar-refractivity contribution >= 4 is 28.5 Å². The van der Waals surface area contributed by atoms with Crippen molar-refractivity contribution in [2.45, 2.75) is 12.5 Å². The van der Waals surface area contributed by atoms with Crippen molar-refractivity contribution in [1.29, 1.82) is 0 Å². The Labute approximate surface area is 125 Å². The van der Waals surface area contributed by atoms with E-state index in [1.807, 2.05) is 18.2 Å². The zero-order valence-electron chi connectivity index (χ0n) is 10.2. The summed E-state index contributed by atoms with van der Waals surface area (Å²) in [4.78, 5) is 11.9. The second kappa shape index (κ2) is 6.72. The highest BCUT2D eigenvalue weighted by Gasteiger charge is 2.12. The Kier molecular flexibility index (Phi) is 4.98. The number of rotatable bonds is 5. The van der Waals surface area contributed by atoms with Gasteiger partial charge in [0.25, 0.3) is 5.91 Å². The van der Waals surface area contributed by atoms with Crippen LogP contribution in [0.3, 0.4) is 0 Å². The van der Waals surface area contributed by atoms with Gasteiger partial charge in [0.15, 0.2) is 0 Å². The Morgan fingerprint density at radius 2 is 2.11 bits per heavy atom. The molecular weight excluding hydrogens is 357 g/mol. The van der Waals surface area contributed by atoms with Gasteiger partial charge in [-0.05, 0) is 53.3 Å². The smallest absolute Gasteiger partial charge is 0.252 e. The van der Waals surface area contributed by atoms with E-state index in [-0.39, 0.29) is 5.91 Å². The molecule has 0 spiro atoms. The van der Waals surface area contributed by atoms with E-state index in [4.69, 9.17) is 4.42 Å². The van der Waals surface area contributed by atoms with Crippen LogP contribution in [-0.2, 0) is 0 Å². The minimum Gasteiger partial charge on any atom is -0.467 e. The molecule has 2 N–H and O–H groups in total. The molecule has 100 valence electrons. The van der Waals surface area contributed by atoms with E-state index in [0.29, 0.717) is 24.3 Å². The minimum absolute atomic E-state index is 0.128. The number of halogens is 1. The SMILES string of the molecule is O=C(NCCC(O)c1ccco1)c1ccccc1I. The number of aliphatic hydroxyl groups is 1. The Morgan fingerprint density at radius 1 is 1.32 bits per heavy atom. The first-order chi connectivity index (χ1) is 9.18. The van der Waals surface area contributed by atoms with Crippen LogP contribution in [0.2, 0.25) is 0 Å². The van der Waals surface area contributed by atoms with Gasteiger partial charge in [0.1, 0.15) is 11.9 Å². The summed E-state index contributed by atoms with van der Waals surface area (Å²) in [7, 11) is 0. The molecule has 4 nitrogen and oxygen atoms in total. The quantitative estimate of drug-likeness (QED) is 0.795. The lowest BCUT2D eigenvalue weighted by Gasteiger charge is -2.09. The fourth-order valence-corrected chi connectivity index (χ4v) is 2.32. The maximum absolute atomic E-state index is 11.9. The minimum atomic E-state index is -0.690. The van der Waals surface area contributed by atoms with E-state index in [1.165, 1.54) is 6.26 Å². The molecule has 1 atom stereocenters. The van der Waals surface area contributed by atoms with Crippen molar-refractivity contribution in [2.24, 2.45) is 0 Å². The van der Waals surface area contributed by atoms with Crippen molar-refractivity contribution < 1.29 is 14.3 Å². The number of carbonyl (C=O) groups excluding carboxylic acids is 1. The molecule has 1 heterocycles. The van der Waals surface area contributed by atoms with E-state index >= 15 is 0 Å². The molecule has 0 saturated carbocycles. The third kappa shape index (κ3) is 3.81. The van der Waals surface area contributed by atoms with E-state index in [0.717, 1.165) is 3.57 Å². The van der Waals surface area contributed by atoms with E-state index < -0.39 is 6.10 Å². The summed E-state index contributed by atoms with van der Waals surface area (Å²) < 4.78 is 6.00. The molecule has 1 aromatic carbocycles. The molecule has 1 amide bonds. The number of carbonyl (C=O) groups is 1. The van der Waals surface area contributed by atoms with Crippen molar-refractivity contribution in [1.82, 2.24) is 5.32 Å². The Bertz CT molecular complexity index is 539. The number of aliphatic hydroxyl groups excluding tert-OH is 1. The van der Waals surface area contributed by atoms with Gasteiger partial charge in [0.2, 0.25) is 0 Å². The molecule has 0 aliphatic rings. The van der Waals surface area contributed by atoms with Gasteiger partial charge in [0, 0.05) is 10.1 Å². The molecule has 0 aliphatic heterocycles. The number of hydrogen-bond acceptors (Lipinski definition) is 3. The van der Waals surface area contributed by atoms with Crippen LogP contribution in [0.25, 0.3) is 0 Å². The predicted molar refractivity (Wildman–Crippen MR) is 79.8 cm³/mol. The first-order valence-corrected chi connectivity index (χ1v) is 7.00. The lowest BCUT2D eigenvalue weighted by Crippen LogP contribution is -2.26. The van der Waals surface area contributed by atoms with Crippen LogP contribution in [0.1, 0.15) is 28.6 Å². The summed E-state index contributed by atoms with van der Waals surface area (Å²) in [5, 5.41) is 12.6. The van der Waals surface area contributed by atoms with Crippen molar-refractivity contribution in [3.63, 3.8) is 0 Å². The molecule has 0 aliphatic carbocycles. The molecule has 0 saturated heterocycles. The zero-order valence-corrected chi connectivity index (χ0v) is 12.3. The second-order valence-electron chi connectivity index (χ2n) is 4.06. The van der Waals surface area contributed by atoms with Crippen LogP contribution in [0, 0.1) is 3.57 Å². The molecule has 2 aromatic rings. The lowest BCUT2D eigenvalue weighted by molar-refractivity contribution is 0.0935. The average Bonchev–Trinajstić information content (AvgIpc) is 2.93. The molecule has 0 radical (unpaired) electrons. The first kappa shape index (κ1) is 14.1. The predicted octanol–water partition coefficient (Wildman–Crippen LogP) is 2.74. The normalized spacial score (nSPS) is 12.1. The van der Waals surface area contributed by atoms with Crippen molar-refractivity contribution in [3.05, 3.63) is 57.6 Å². The van der Waals surface area contributed by atoms with E-state index in [2.05, 4.69) is 27.9 Å². The standard InChI is InChI=1S/C14H14INO3/c15-11-5-2-1-4-10(11)14(18)16-8-7-12(17)13-6-3-9-19-13/h1-6,9,12,17H,7-8H2,(H,16,18). The monoisotopic (exact) mass is 371 g/mol. The van der Waals surface area contributed by atoms with Gasteiger partial charge < -0.3 is 14.8 Å². The van der Waals surface area contributed by atoms with Gasteiger partial charge in [-0.25, -0.2) is 0 Å². The molecule has 0 bridgehead atoms. The highest BCUT2D eigenvalue weighted by atomic mass is 127. The maximum Gasteiger partial charge on any atom is 0.252 e. The van der Waals surface area contributed by atoms with Gasteiger partial charge >= 0.3 is 0 Å². The molecule has 19 heavy (non-hydrogen) atoms. The second-order valence-corrected chi connectivity index (χ2v) is 5.22. The van der Waals surface area contributed by atoms with E-state index in [1.54, 1.807) is 18.2 Å². The number of furan rings is 1. The van der Waals surface area contributed by atoms with Crippen molar-refractivity contribution in [2.75, 3.05) is 6.54 Å². The van der Waals surface area contributed by atoms with Gasteiger partial charge in [-0.2, -0.15) is 0 Å². The maximum atomic E-state index is 11.9. The Hall–Kier alpha value is -1.34. The molecule has 1 aromatic heterocycles. The van der Waals surface area contributed by atoms with Crippen LogP contribution in [-0.4, -0.2) is 17.6 Å². The lowest BCUT2D eigenvalue weighted by atomic mass is 10.2. The highest BCUT2D eigenvalue weighted by molar-refractivity contribution is 14.1. The summed E-state index contributed by atoms with van der Waals surface area (Å²) >= 11 is 2.12. The van der Waals surface area contributed by atoms with Crippen LogP contribution < -0.4 is 5.32 Å². The Morgan fingerprint density at radius 3 is 2.79 bits per heavy atom. The number of nitrogens with one attached hydrogen (secondary N) is 1. The summed E-state index contributed by atoms with van der Waals surface area (Å²) in [6.07, 6.45) is 1.25. The fraction of sp³-hybridized carbons (Fsp3) is 0.214. The summed E-state index contributed by atoms with van der Waals surface area (Å²) in [6.45, 7) is 0.395. The van der Waals surface area contributed by atoms with Crippen LogP contribution in [0.5, 0.6) is 0 Å². The summed E-state index contributed by atoms with van der Waals surface area (Å²) in [6, 6.07) is 10.8. The van der Waals surface area contributed by atoms with Crippen LogP contribution in [0.15, 0.2) is 47.1 Å². The van der Waals surface area contributed by atoms with Gasteiger partial charge in [-0.1, -0.05) is 12.1 Å². The summed E-state index contributed by atoms with van der Waals surface area (Å²) in [5.74, 6) is 0.389. The van der Waals surface area contributed by atoms with Crippen LogP contribution in [0.4, 0.5) is 0 Å². The fourth-order valence-electron chi connectivity index (χ4n) is 1.69. The van der Waals surface area contributed by atoms with E-state index in [9.17, 15) is 9.90 Å². The van der Waals surface area contributed by atoms with Gasteiger partial charge in [0.05, 0.1) is 11.8 Å². The molecule has 1 unspecified atom stereocenters.